The van der Waals surface area contributed by atoms with Crippen LogP contribution in [0.5, 0.6) is 0 Å². The molecule has 0 radical (unpaired) electrons. The highest BCUT2D eigenvalue weighted by Crippen LogP contribution is 2.27. The first kappa shape index (κ1) is 22.5. The number of para-hydroxylation sites is 1. The lowest BCUT2D eigenvalue weighted by molar-refractivity contribution is -0.384. The molecule has 0 saturated carbocycles. The van der Waals surface area contributed by atoms with Crippen LogP contribution < -0.4 is 10.6 Å². The van der Waals surface area contributed by atoms with E-state index in [0.29, 0.717) is 16.9 Å². The minimum Gasteiger partial charge on any atom is -0.324 e. The SMILES string of the molecule is CC(Sc1ccc(NC(=O)c2ccc([N+](=O)[O-])cc2)cc1)C(=O)Nc1ccccc1Br. The Labute approximate surface area is 191 Å². The number of nitro groups is 1. The second-order valence-corrected chi connectivity index (χ2v) is 8.78. The summed E-state index contributed by atoms with van der Waals surface area (Å²) in [6.07, 6.45) is 0. The molecule has 0 fully saturated rings. The number of anilines is 2. The second-order valence-electron chi connectivity index (χ2n) is 6.51. The average molecular weight is 500 g/mol. The van der Waals surface area contributed by atoms with Crippen LogP contribution in [-0.2, 0) is 4.79 Å². The molecular weight excluding hydrogens is 482 g/mol. The van der Waals surface area contributed by atoms with Gasteiger partial charge >= 0.3 is 0 Å². The van der Waals surface area contributed by atoms with Crippen LogP contribution in [0.1, 0.15) is 17.3 Å². The van der Waals surface area contributed by atoms with Gasteiger partial charge in [0.15, 0.2) is 0 Å². The molecule has 0 aliphatic carbocycles. The number of thioether (sulfide) groups is 1. The summed E-state index contributed by atoms with van der Waals surface area (Å²) in [5.74, 6) is -0.482. The van der Waals surface area contributed by atoms with Crippen molar-refractivity contribution in [2.45, 2.75) is 17.1 Å². The highest BCUT2D eigenvalue weighted by Gasteiger charge is 2.16. The predicted octanol–water partition coefficient (Wildman–Crippen LogP) is 5.73. The number of halogens is 1. The highest BCUT2D eigenvalue weighted by atomic mass is 79.9. The van der Waals surface area contributed by atoms with Gasteiger partial charge in [0.05, 0.1) is 15.9 Å². The van der Waals surface area contributed by atoms with E-state index in [2.05, 4.69) is 26.6 Å². The zero-order chi connectivity index (χ0) is 22.4. The van der Waals surface area contributed by atoms with Crippen LogP contribution in [0.4, 0.5) is 17.1 Å². The maximum absolute atomic E-state index is 12.5. The van der Waals surface area contributed by atoms with Gasteiger partial charge in [0.1, 0.15) is 0 Å². The van der Waals surface area contributed by atoms with Gasteiger partial charge in [-0.1, -0.05) is 12.1 Å². The first-order valence-electron chi connectivity index (χ1n) is 9.21. The molecule has 2 N–H and O–H groups in total. The fourth-order valence-corrected chi connectivity index (χ4v) is 3.86. The van der Waals surface area contributed by atoms with Crippen LogP contribution >= 0.6 is 27.7 Å². The molecule has 0 aromatic heterocycles. The largest absolute Gasteiger partial charge is 0.324 e. The summed E-state index contributed by atoms with van der Waals surface area (Å²) < 4.78 is 0.814. The van der Waals surface area contributed by atoms with Gasteiger partial charge in [0.2, 0.25) is 5.91 Å². The number of nitrogens with one attached hydrogen (secondary N) is 2. The molecule has 0 aliphatic heterocycles. The molecule has 7 nitrogen and oxygen atoms in total. The van der Waals surface area contributed by atoms with Crippen LogP contribution in [-0.4, -0.2) is 22.0 Å². The number of carbonyl (C=O) groups is 2. The minimum absolute atomic E-state index is 0.0734. The number of nitrogens with zero attached hydrogens (tertiary/aromatic N) is 1. The summed E-state index contributed by atoms with van der Waals surface area (Å²) >= 11 is 4.81. The summed E-state index contributed by atoms with van der Waals surface area (Å²) in [5, 5.41) is 16.0. The Morgan fingerprint density at radius 2 is 1.61 bits per heavy atom. The predicted molar refractivity (Wildman–Crippen MR) is 126 cm³/mol. The molecule has 9 heteroatoms. The molecule has 0 bridgehead atoms. The van der Waals surface area contributed by atoms with Crippen molar-refractivity contribution < 1.29 is 14.5 Å². The lowest BCUT2D eigenvalue weighted by Gasteiger charge is -2.13. The molecule has 2 amide bonds. The maximum atomic E-state index is 12.5. The molecule has 1 unspecified atom stereocenters. The second kappa shape index (κ2) is 10.2. The van der Waals surface area contributed by atoms with Crippen LogP contribution in [0.25, 0.3) is 0 Å². The monoisotopic (exact) mass is 499 g/mol. The van der Waals surface area contributed by atoms with Gasteiger partial charge in [0, 0.05) is 32.8 Å². The van der Waals surface area contributed by atoms with Crippen molar-refractivity contribution in [3.05, 3.63) is 92.9 Å². The summed E-state index contributed by atoms with van der Waals surface area (Å²) in [6.45, 7) is 1.82. The first-order chi connectivity index (χ1) is 14.8. The third-order valence-electron chi connectivity index (χ3n) is 4.27. The number of carbonyl (C=O) groups excluding carboxylic acids is 2. The van der Waals surface area contributed by atoms with Gasteiger partial charge in [-0.3, -0.25) is 19.7 Å². The fourth-order valence-electron chi connectivity index (χ4n) is 2.61. The summed E-state index contributed by atoms with van der Waals surface area (Å²) in [7, 11) is 0. The van der Waals surface area contributed by atoms with Gasteiger partial charge in [-0.2, -0.15) is 0 Å². The molecule has 0 saturated heterocycles. The Balaban J connectivity index is 1.57. The standard InChI is InChI=1S/C22H18BrN3O4S/c1-14(21(27)25-20-5-3-2-4-19(20)23)31-18-12-8-16(9-13-18)24-22(28)15-6-10-17(11-7-15)26(29)30/h2-14H,1H3,(H,24,28)(H,25,27). The van der Waals surface area contributed by atoms with E-state index in [-0.39, 0.29) is 22.8 Å². The van der Waals surface area contributed by atoms with Gasteiger partial charge in [-0.05, 0) is 71.4 Å². The Kier molecular flexibility index (Phi) is 7.43. The highest BCUT2D eigenvalue weighted by molar-refractivity contribution is 9.10. The van der Waals surface area contributed by atoms with Crippen molar-refractivity contribution in [1.82, 2.24) is 0 Å². The molecule has 0 heterocycles. The van der Waals surface area contributed by atoms with E-state index in [1.165, 1.54) is 36.0 Å². The molecule has 3 aromatic carbocycles. The van der Waals surface area contributed by atoms with Crippen LogP contribution in [0.3, 0.4) is 0 Å². The molecule has 0 spiro atoms. The van der Waals surface area contributed by atoms with Crippen molar-refractivity contribution in [1.29, 1.82) is 0 Å². The normalized spacial score (nSPS) is 11.4. The Morgan fingerprint density at radius 1 is 0.968 bits per heavy atom. The lowest BCUT2D eigenvalue weighted by atomic mass is 10.2. The molecular formula is C22H18BrN3O4S. The van der Waals surface area contributed by atoms with E-state index < -0.39 is 4.92 Å². The Bertz CT molecular complexity index is 1100. The molecule has 158 valence electrons. The first-order valence-corrected chi connectivity index (χ1v) is 10.9. The van der Waals surface area contributed by atoms with Crippen molar-refractivity contribution in [3.63, 3.8) is 0 Å². The molecule has 0 aliphatic rings. The number of rotatable bonds is 7. The third-order valence-corrected chi connectivity index (χ3v) is 6.07. The molecule has 1 atom stereocenters. The maximum Gasteiger partial charge on any atom is 0.269 e. The zero-order valence-corrected chi connectivity index (χ0v) is 18.8. The van der Waals surface area contributed by atoms with Crippen LogP contribution in [0, 0.1) is 10.1 Å². The summed E-state index contributed by atoms with van der Waals surface area (Å²) in [4.78, 5) is 35.8. The van der Waals surface area contributed by atoms with E-state index in [0.717, 1.165) is 9.37 Å². The van der Waals surface area contributed by atoms with Crippen molar-refractivity contribution in [2.75, 3.05) is 10.6 Å². The quantitative estimate of drug-likeness (QED) is 0.245. The topological polar surface area (TPSA) is 101 Å². The Hall–Kier alpha value is -3.17. The van der Waals surface area contributed by atoms with Gasteiger partial charge in [-0.15, -0.1) is 11.8 Å². The van der Waals surface area contributed by atoms with Crippen molar-refractivity contribution in [2.24, 2.45) is 0 Å². The minimum atomic E-state index is -0.516. The van der Waals surface area contributed by atoms with E-state index in [1.807, 2.05) is 43.3 Å². The number of nitro benzene ring substituents is 1. The van der Waals surface area contributed by atoms with E-state index >= 15 is 0 Å². The zero-order valence-electron chi connectivity index (χ0n) is 16.4. The third kappa shape index (κ3) is 6.16. The Morgan fingerprint density at radius 3 is 2.23 bits per heavy atom. The number of hydrogen-bond donors (Lipinski definition) is 2. The summed E-state index contributed by atoms with van der Waals surface area (Å²) in [5.41, 5.74) is 1.54. The summed E-state index contributed by atoms with van der Waals surface area (Å²) in [6, 6.07) is 19.9. The van der Waals surface area contributed by atoms with E-state index in [1.54, 1.807) is 12.1 Å². The van der Waals surface area contributed by atoms with Crippen molar-refractivity contribution >= 4 is 56.6 Å². The van der Waals surface area contributed by atoms with Crippen LogP contribution in [0.2, 0.25) is 0 Å². The molecule has 3 aromatic rings. The van der Waals surface area contributed by atoms with Gasteiger partial charge in [-0.25, -0.2) is 0 Å². The lowest BCUT2D eigenvalue weighted by Crippen LogP contribution is -2.22. The van der Waals surface area contributed by atoms with E-state index in [9.17, 15) is 19.7 Å². The van der Waals surface area contributed by atoms with Crippen molar-refractivity contribution in [3.8, 4) is 0 Å². The number of amides is 2. The number of benzene rings is 3. The van der Waals surface area contributed by atoms with E-state index in [4.69, 9.17) is 0 Å². The molecule has 3 rings (SSSR count). The van der Waals surface area contributed by atoms with Gasteiger partial charge in [0.25, 0.3) is 11.6 Å². The average Bonchev–Trinajstić information content (AvgIpc) is 2.76. The molecule has 31 heavy (non-hydrogen) atoms. The number of hydrogen-bond acceptors (Lipinski definition) is 5. The fraction of sp³-hybridized carbons (Fsp3) is 0.0909. The van der Waals surface area contributed by atoms with Crippen LogP contribution in [0.15, 0.2) is 82.2 Å². The van der Waals surface area contributed by atoms with Gasteiger partial charge < -0.3 is 10.6 Å². The number of non-ortho nitro benzene ring substituents is 1. The smallest absolute Gasteiger partial charge is 0.269 e.